The first-order chi connectivity index (χ1) is 34.2. The molecule has 0 bridgehead atoms. The molecular formula is C60H74Br2N2O2S4. The van der Waals surface area contributed by atoms with E-state index >= 15 is 9.59 Å². The highest BCUT2D eigenvalue weighted by Gasteiger charge is 2.55. The minimum Gasteiger partial charge on any atom is -0.281 e. The smallest absolute Gasteiger partial charge is 0.265 e. The summed E-state index contributed by atoms with van der Waals surface area (Å²) in [6.45, 7) is 9.21. The van der Waals surface area contributed by atoms with Crippen molar-refractivity contribution in [2.24, 2.45) is 0 Å². The molecule has 0 unspecified atom stereocenters. The Morgan fingerprint density at radius 2 is 0.729 bits per heavy atom. The summed E-state index contributed by atoms with van der Waals surface area (Å²) in [5, 5.41) is 0. The summed E-state index contributed by atoms with van der Waals surface area (Å²) in [5.74, 6) is -0.118. The maximum absolute atomic E-state index is 15.2. The van der Waals surface area contributed by atoms with E-state index in [4.69, 9.17) is 0 Å². The molecular weight excluding hydrogens is 1070 g/mol. The van der Waals surface area contributed by atoms with E-state index in [0.717, 1.165) is 46.8 Å². The van der Waals surface area contributed by atoms with Crippen LogP contribution in [0.5, 0.6) is 0 Å². The second-order valence-corrected chi connectivity index (χ2v) is 28.3. The van der Waals surface area contributed by atoms with E-state index in [0.29, 0.717) is 11.1 Å². The summed E-state index contributed by atoms with van der Waals surface area (Å²) in [6, 6.07) is 4.90. The number of carbonyl (C=O) groups is 2. The molecule has 2 amide bonds. The van der Waals surface area contributed by atoms with E-state index in [-0.39, 0.29) is 22.6 Å². The lowest BCUT2D eigenvalue weighted by Crippen LogP contribution is -2.29. The van der Waals surface area contributed by atoms with Crippen molar-refractivity contribution >= 4 is 113 Å². The Balaban J connectivity index is 1.06. The fourth-order valence-electron chi connectivity index (χ4n) is 13.4. The fourth-order valence-corrected chi connectivity index (χ4v) is 19.9. The van der Waals surface area contributed by atoms with Crippen molar-refractivity contribution in [2.75, 3.05) is 0 Å². The highest BCUT2D eigenvalue weighted by Crippen LogP contribution is 2.67. The van der Waals surface area contributed by atoms with Gasteiger partial charge in [-0.05, 0) is 104 Å². The van der Waals surface area contributed by atoms with Crippen LogP contribution in [0.4, 0.5) is 0 Å². The summed E-state index contributed by atoms with van der Waals surface area (Å²) in [7, 11) is 0. The van der Waals surface area contributed by atoms with Crippen LogP contribution < -0.4 is 0 Å². The van der Waals surface area contributed by atoms with Crippen molar-refractivity contribution in [1.29, 1.82) is 0 Å². The van der Waals surface area contributed by atoms with Crippen molar-refractivity contribution in [3.63, 3.8) is 0 Å². The summed E-state index contributed by atoms with van der Waals surface area (Å²) in [6.07, 6.45) is 43.8. The van der Waals surface area contributed by atoms with Gasteiger partial charge in [-0.1, -0.05) is 182 Å². The highest BCUT2D eigenvalue weighted by atomic mass is 79.9. The number of amides is 2. The van der Waals surface area contributed by atoms with Crippen LogP contribution in [-0.4, -0.2) is 21.6 Å². The van der Waals surface area contributed by atoms with Crippen molar-refractivity contribution in [2.45, 2.75) is 218 Å². The van der Waals surface area contributed by atoms with Crippen molar-refractivity contribution in [1.82, 2.24) is 9.80 Å². The minimum absolute atomic E-state index is 0.0592. The molecule has 0 atom stereocenters. The molecule has 0 radical (unpaired) electrons. The predicted octanol–water partition coefficient (Wildman–Crippen LogP) is 20.8. The molecule has 4 aromatic rings. The summed E-state index contributed by atoms with van der Waals surface area (Å²) in [4.78, 5) is 41.9. The quantitative estimate of drug-likeness (QED) is 0.0532. The van der Waals surface area contributed by atoms with Crippen LogP contribution in [0, 0.1) is 0 Å². The molecule has 0 spiro atoms. The van der Waals surface area contributed by atoms with E-state index in [1.54, 1.807) is 0 Å². The summed E-state index contributed by atoms with van der Waals surface area (Å²) >= 11 is 15.4. The van der Waals surface area contributed by atoms with Gasteiger partial charge in [0.05, 0.1) is 49.6 Å². The number of nitrogens with zero attached hydrogens (tertiary/aromatic N) is 2. The minimum atomic E-state index is -0.0755. The number of hydrogen-bond acceptors (Lipinski definition) is 6. The van der Waals surface area contributed by atoms with Gasteiger partial charge in [0.1, 0.15) is 0 Å². The van der Waals surface area contributed by atoms with Crippen LogP contribution >= 0.6 is 77.2 Å². The maximum Gasteiger partial charge on any atom is 0.265 e. The Kier molecular flexibility index (Phi) is 16.3. The summed E-state index contributed by atoms with van der Waals surface area (Å²) < 4.78 is 2.40. The Bertz CT molecular complexity index is 2520. The fraction of sp³-hybridized carbons (Fsp3) is 0.567. The van der Waals surface area contributed by atoms with Crippen LogP contribution in [0.15, 0.2) is 43.3 Å². The number of halogens is 2. The molecule has 8 heterocycles. The Labute approximate surface area is 452 Å². The Morgan fingerprint density at radius 3 is 1.06 bits per heavy atom. The van der Waals surface area contributed by atoms with Crippen LogP contribution in [-0.2, 0) is 20.4 Å². The number of thiophene rings is 4. The second-order valence-electron chi connectivity index (χ2n) is 21.3. The molecule has 2 aliphatic carbocycles. The molecule has 4 nitrogen and oxygen atoms in total. The van der Waals surface area contributed by atoms with Gasteiger partial charge in [-0.15, -0.1) is 45.3 Å². The van der Waals surface area contributed by atoms with E-state index < -0.39 is 0 Å². The largest absolute Gasteiger partial charge is 0.281 e. The monoisotopic (exact) mass is 1140 g/mol. The molecule has 10 rings (SSSR count). The van der Waals surface area contributed by atoms with Crippen LogP contribution in [0.2, 0.25) is 0 Å². The van der Waals surface area contributed by atoms with Crippen LogP contribution in [0.3, 0.4) is 0 Å². The van der Waals surface area contributed by atoms with E-state index in [1.807, 2.05) is 67.5 Å². The zero-order valence-corrected chi connectivity index (χ0v) is 48.8. The zero-order valence-electron chi connectivity index (χ0n) is 42.4. The van der Waals surface area contributed by atoms with Gasteiger partial charge in [0.2, 0.25) is 0 Å². The number of unbranched alkanes of at least 4 members (excludes halogenated alkanes) is 20. The zero-order chi connectivity index (χ0) is 48.6. The third-order valence-corrected chi connectivity index (χ3v) is 22.8. The number of carbonyl (C=O) groups excluding carboxylic acids is 2. The SMILES string of the molecule is CCCCCCCCC1(CCCCCCCC)c2cc(Br)sc2-c2sc3c(c21)C=CN1C(=O)C2=C4c5sc6c(c5C=CN4C(=O)C2=C31)C(CCCCCCCC)(CCCCCCCC)c1cc(Br)sc1-6. The molecule has 10 heteroatoms. The predicted molar refractivity (Wildman–Crippen MR) is 310 cm³/mol. The number of hydrogen-bond donors (Lipinski definition) is 0. The lowest BCUT2D eigenvalue weighted by Gasteiger charge is -2.34. The normalized spacial score (nSPS) is 17.2. The first-order valence-electron chi connectivity index (χ1n) is 27.7. The third-order valence-electron chi connectivity index (χ3n) is 16.8. The Morgan fingerprint density at radius 1 is 0.414 bits per heavy atom. The molecule has 0 N–H and O–H groups in total. The third kappa shape index (κ3) is 8.90. The first-order valence-corrected chi connectivity index (χ1v) is 32.6. The number of fused-ring (bicyclic) bond motifs is 15. The molecule has 0 saturated carbocycles. The maximum atomic E-state index is 15.2. The van der Waals surface area contributed by atoms with Gasteiger partial charge in [-0.3, -0.25) is 19.4 Å². The molecule has 70 heavy (non-hydrogen) atoms. The van der Waals surface area contributed by atoms with Crippen LogP contribution in [0.25, 0.3) is 43.1 Å². The van der Waals surface area contributed by atoms with Gasteiger partial charge < -0.3 is 0 Å². The lowest BCUT2D eigenvalue weighted by atomic mass is 9.70. The Hall–Kier alpha value is -2.34. The van der Waals surface area contributed by atoms with Crippen molar-refractivity contribution in [3.05, 3.63) is 86.4 Å². The van der Waals surface area contributed by atoms with Gasteiger partial charge in [-0.25, -0.2) is 0 Å². The second kappa shape index (κ2) is 22.2. The van der Waals surface area contributed by atoms with Gasteiger partial charge in [0.25, 0.3) is 11.8 Å². The highest BCUT2D eigenvalue weighted by molar-refractivity contribution is 9.11. The molecule has 0 saturated heterocycles. The molecule has 4 aromatic heterocycles. The van der Waals surface area contributed by atoms with E-state index in [2.05, 4.69) is 83.8 Å². The van der Waals surface area contributed by atoms with Gasteiger partial charge in [-0.2, -0.15) is 0 Å². The molecule has 6 aliphatic rings. The van der Waals surface area contributed by atoms with Gasteiger partial charge >= 0.3 is 0 Å². The molecule has 374 valence electrons. The van der Waals surface area contributed by atoms with E-state index in [9.17, 15) is 0 Å². The number of rotatable bonds is 28. The van der Waals surface area contributed by atoms with Crippen LogP contribution in [0.1, 0.15) is 251 Å². The van der Waals surface area contributed by atoms with Gasteiger partial charge in [0.15, 0.2) is 0 Å². The molecule has 0 fully saturated rings. The standard InChI is InChI=1S/C60H74Br2N2O2S4/c1-5-9-13-17-21-25-31-59(32-26-22-18-14-10-6-2)41-37-43(61)67-53(41)55-47(59)39-29-35-63-49(51(39)69-55)45-46(58(63)66)50-52-40(30-36-64(50)57(45)65)48-56(70-52)54-42(38-44(62)68-54)60(48,33-27-23-19-15-11-7-3)34-28-24-20-16-12-8-4/h29-30,35-38H,5-28,31-34H2,1-4H3. The topological polar surface area (TPSA) is 40.6 Å². The summed E-state index contributed by atoms with van der Waals surface area (Å²) in [5.41, 5.74) is 11.2. The average molecular weight is 1140 g/mol. The van der Waals surface area contributed by atoms with Gasteiger partial charge in [0, 0.05) is 44.1 Å². The molecule has 0 aromatic carbocycles. The lowest BCUT2D eigenvalue weighted by molar-refractivity contribution is -0.122. The molecule has 4 aliphatic heterocycles. The van der Waals surface area contributed by atoms with Crippen molar-refractivity contribution in [3.8, 4) is 19.5 Å². The van der Waals surface area contributed by atoms with Crippen molar-refractivity contribution < 1.29 is 9.59 Å². The average Bonchev–Trinajstić information content (AvgIpc) is 4.24. The first kappa shape index (κ1) is 51.2. The van der Waals surface area contributed by atoms with E-state index in [1.165, 1.54) is 215 Å².